The fourth-order valence-corrected chi connectivity index (χ4v) is 4.19. The van der Waals surface area contributed by atoms with Crippen LogP contribution in [0.4, 0.5) is 4.39 Å². The summed E-state index contributed by atoms with van der Waals surface area (Å²) in [6.07, 6.45) is 0. The number of hydrogen-bond acceptors (Lipinski definition) is 5. The molecule has 3 aromatic rings. The summed E-state index contributed by atoms with van der Waals surface area (Å²) in [7, 11) is 3.25. The molecule has 0 N–H and O–H groups in total. The number of carbonyl (C=O) groups excluding carboxylic acids is 1. The SMILES string of the molecule is COCCn1c(SCC(=O)N(C)C(C)c2ccc(F)cc2)nc2cc(Cl)ccc2c1=O. The number of benzene rings is 2. The van der Waals surface area contributed by atoms with Crippen LogP contribution in [0.15, 0.2) is 52.4 Å². The van der Waals surface area contributed by atoms with Crippen LogP contribution in [0, 0.1) is 5.82 Å². The Balaban J connectivity index is 1.82. The van der Waals surface area contributed by atoms with Crippen molar-refractivity contribution >= 4 is 40.2 Å². The Kier molecular flexibility index (Phi) is 7.69. The summed E-state index contributed by atoms with van der Waals surface area (Å²) < 4.78 is 19.8. The third-order valence-corrected chi connectivity index (χ3v) is 6.25. The van der Waals surface area contributed by atoms with Gasteiger partial charge in [0.2, 0.25) is 5.91 Å². The minimum absolute atomic E-state index is 0.0908. The fourth-order valence-electron chi connectivity index (χ4n) is 3.07. The molecule has 3 rings (SSSR count). The first-order valence-corrected chi connectivity index (χ1v) is 11.0. The highest BCUT2D eigenvalue weighted by Gasteiger charge is 2.19. The van der Waals surface area contributed by atoms with Crippen molar-refractivity contribution in [1.29, 1.82) is 0 Å². The Labute approximate surface area is 189 Å². The quantitative estimate of drug-likeness (QED) is 0.371. The molecule has 9 heteroatoms. The van der Waals surface area contributed by atoms with Crippen molar-refractivity contribution in [3.63, 3.8) is 0 Å². The molecule has 0 spiro atoms. The molecule has 1 atom stereocenters. The zero-order valence-electron chi connectivity index (χ0n) is 17.5. The van der Waals surface area contributed by atoms with Gasteiger partial charge in [0, 0.05) is 19.2 Å². The maximum Gasteiger partial charge on any atom is 0.262 e. The number of rotatable bonds is 8. The molecule has 164 valence electrons. The smallest absolute Gasteiger partial charge is 0.262 e. The van der Waals surface area contributed by atoms with Crippen LogP contribution < -0.4 is 5.56 Å². The molecular weight excluding hydrogens is 441 g/mol. The van der Waals surface area contributed by atoms with Crippen molar-refractivity contribution in [2.45, 2.75) is 24.7 Å². The molecule has 31 heavy (non-hydrogen) atoms. The number of hydrogen-bond donors (Lipinski definition) is 0. The Morgan fingerprint density at radius 3 is 2.68 bits per heavy atom. The van der Waals surface area contributed by atoms with Gasteiger partial charge in [-0.2, -0.15) is 0 Å². The summed E-state index contributed by atoms with van der Waals surface area (Å²) in [5.41, 5.74) is 1.11. The summed E-state index contributed by atoms with van der Waals surface area (Å²) in [6.45, 7) is 2.53. The molecule has 0 aliphatic carbocycles. The van der Waals surface area contributed by atoms with Gasteiger partial charge in [-0.25, -0.2) is 9.37 Å². The van der Waals surface area contributed by atoms with Crippen LogP contribution in [0.2, 0.25) is 5.02 Å². The van der Waals surface area contributed by atoms with Crippen LogP contribution in [0.5, 0.6) is 0 Å². The largest absolute Gasteiger partial charge is 0.383 e. The van der Waals surface area contributed by atoms with E-state index in [0.717, 1.165) is 5.56 Å². The number of fused-ring (bicyclic) bond motifs is 1. The summed E-state index contributed by atoms with van der Waals surface area (Å²) >= 11 is 7.24. The Bertz CT molecular complexity index is 1140. The number of nitrogens with zero attached hydrogens (tertiary/aromatic N) is 3. The first kappa shape index (κ1) is 23.2. The van der Waals surface area contributed by atoms with Crippen molar-refractivity contribution in [1.82, 2.24) is 14.5 Å². The summed E-state index contributed by atoms with van der Waals surface area (Å²) in [6, 6.07) is 10.8. The fraction of sp³-hybridized carbons (Fsp3) is 0.318. The van der Waals surface area contributed by atoms with Gasteiger partial charge in [-0.3, -0.25) is 14.2 Å². The topological polar surface area (TPSA) is 64.4 Å². The van der Waals surface area contributed by atoms with Crippen molar-refractivity contribution in [2.24, 2.45) is 0 Å². The summed E-state index contributed by atoms with van der Waals surface area (Å²) in [5, 5.41) is 1.36. The predicted molar refractivity (Wildman–Crippen MR) is 121 cm³/mol. The maximum absolute atomic E-state index is 13.2. The van der Waals surface area contributed by atoms with Crippen molar-refractivity contribution in [3.8, 4) is 0 Å². The molecule has 0 aliphatic rings. The molecule has 1 amide bonds. The van der Waals surface area contributed by atoms with E-state index in [1.54, 1.807) is 49.4 Å². The van der Waals surface area contributed by atoms with Crippen LogP contribution in [-0.2, 0) is 16.1 Å². The van der Waals surface area contributed by atoms with Gasteiger partial charge >= 0.3 is 0 Å². The highest BCUT2D eigenvalue weighted by atomic mass is 35.5. The van der Waals surface area contributed by atoms with Crippen molar-refractivity contribution < 1.29 is 13.9 Å². The summed E-state index contributed by atoms with van der Waals surface area (Å²) in [5.74, 6) is -0.370. The second-order valence-electron chi connectivity index (χ2n) is 7.03. The third kappa shape index (κ3) is 5.44. The van der Waals surface area contributed by atoms with E-state index in [9.17, 15) is 14.0 Å². The molecule has 0 fully saturated rings. The number of thioether (sulfide) groups is 1. The lowest BCUT2D eigenvalue weighted by Gasteiger charge is -2.25. The van der Waals surface area contributed by atoms with Gasteiger partial charge in [0.15, 0.2) is 5.16 Å². The number of carbonyl (C=O) groups is 1. The lowest BCUT2D eigenvalue weighted by Crippen LogP contribution is -2.31. The number of halogens is 2. The predicted octanol–water partition coefficient (Wildman–Crippen LogP) is 4.15. The normalized spacial score (nSPS) is 12.2. The van der Waals surface area contributed by atoms with Crippen molar-refractivity contribution in [3.05, 3.63) is 69.2 Å². The van der Waals surface area contributed by atoms with E-state index in [1.165, 1.54) is 28.5 Å². The lowest BCUT2D eigenvalue weighted by molar-refractivity contribution is -0.128. The molecule has 0 bridgehead atoms. The highest BCUT2D eigenvalue weighted by molar-refractivity contribution is 7.99. The zero-order valence-corrected chi connectivity index (χ0v) is 19.0. The average Bonchev–Trinajstić information content (AvgIpc) is 2.76. The maximum atomic E-state index is 13.2. The van der Waals surface area contributed by atoms with E-state index < -0.39 is 0 Å². The van der Waals surface area contributed by atoms with Crippen molar-refractivity contribution in [2.75, 3.05) is 26.5 Å². The molecular formula is C22H23ClFN3O3S. The second-order valence-corrected chi connectivity index (χ2v) is 8.41. The monoisotopic (exact) mass is 463 g/mol. The molecule has 1 unspecified atom stereocenters. The molecule has 2 aromatic carbocycles. The minimum Gasteiger partial charge on any atom is -0.383 e. The van der Waals surface area contributed by atoms with Crippen LogP contribution in [0.1, 0.15) is 18.5 Å². The van der Waals surface area contributed by atoms with Gasteiger partial charge in [0.25, 0.3) is 5.56 Å². The average molecular weight is 464 g/mol. The number of methoxy groups -OCH3 is 1. The van der Waals surface area contributed by atoms with Gasteiger partial charge in [0.1, 0.15) is 5.82 Å². The van der Waals surface area contributed by atoms with E-state index >= 15 is 0 Å². The number of ether oxygens (including phenoxy) is 1. The Morgan fingerprint density at radius 2 is 2.00 bits per heavy atom. The van der Waals surface area contributed by atoms with Gasteiger partial charge in [-0.05, 0) is 42.8 Å². The standard InChI is InChI=1S/C22H23ClFN3O3S/c1-14(15-4-7-17(24)8-5-15)26(2)20(28)13-31-22-25-19-12-16(23)6-9-18(19)21(29)27(22)10-11-30-3/h4-9,12,14H,10-11,13H2,1-3H3. The molecule has 0 aliphatic heterocycles. The second kappa shape index (κ2) is 10.3. The molecule has 0 saturated heterocycles. The van der Waals surface area contributed by atoms with Crippen LogP contribution in [0.25, 0.3) is 10.9 Å². The Hall–Kier alpha value is -2.42. The minimum atomic E-state index is -0.322. The first-order chi connectivity index (χ1) is 14.8. The number of aromatic nitrogens is 2. The molecule has 0 radical (unpaired) electrons. The van der Waals surface area contributed by atoms with E-state index in [2.05, 4.69) is 4.98 Å². The van der Waals surface area contributed by atoms with E-state index in [4.69, 9.17) is 16.3 Å². The third-order valence-electron chi connectivity index (χ3n) is 5.05. The summed E-state index contributed by atoms with van der Waals surface area (Å²) in [4.78, 5) is 31.9. The van der Waals surface area contributed by atoms with Crippen LogP contribution >= 0.6 is 23.4 Å². The molecule has 1 heterocycles. The zero-order chi connectivity index (χ0) is 22.5. The van der Waals surface area contributed by atoms with E-state index in [-0.39, 0.29) is 29.1 Å². The first-order valence-electron chi connectivity index (χ1n) is 9.64. The van der Waals surface area contributed by atoms with Crippen LogP contribution in [-0.4, -0.2) is 46.9 Å². The highest BCUT2D eigenvalue weighted by Crippen LogP contribution is 2.23. The molecule has 6 nitrogen and oxygen atoms in total. The van der Waals surface area contributed by atoms with Crippen LogP contribution in [0.3, 0.4) is 0 Å². The molecule has 0 saturated carbocycles. The van der Waals surface area contributed by atoms with Gasteiger partial charge in [-0.15, -0.1) is 0 Å². The van der Waals surface area contributed by atoms with Gasteiger partial charge in [0.05, 0.1) is 35.8 Å². The van der Waals surface area contributed by atoms with Gasteiger partial charge < -0.3 is 9.64 Å². The van der Waals surface area contributed by atoms with E-state index in [1.807, 2.05) is 6.92 Å². The van der Waals surface area contributed by atoms with Gasteiger partial charge in [-0.1, -0.05) is 35.5 Å². The van der Waals surface area contributed by atoms with E-state index in [0.29, 0.717) is 34.2 Å². The number of amides is 1. The molecule has 1 aromatic heterocycles. The lowest BCUT2D eigenvalue weighted by atomic mass is 10.1. The Morgan fingerprint density at radius 1 is 1.29 bits per heavy atom.